The third kappa shape index (κ3) is 2.20. The number of nitrogens with zero attached hydrogens (tertiary/aromatic N) is 2. The maximum atomic E-state index is 8.35. The summed E-state index contributed by atoms with van der Waals surface area (Å²) in [5, 5.41) is 0.863. The highest BCUT2D eigenvalue weighted by Crippen LogP contribution is 2.31. The van der Waals surface area contributed by atoms with E-state index in [2.05, 4.69) is 9.97 Å². The first-order valence-electron chi connectivity index (χ1n) is 9.45. The molecule has 23 heavy (non-hydrogen) atoms. The molecule has 1 aromatic carbocycles. The number of rotatable bonds is 2. The van der Waals surface area contributed by atoms with Crippen LogP contribution in [0.25, 0.3) is 33.5 Å². The van der Waals surface area contributed by atoms with Crippen molar-refractivity contribution in [2.45, 2.75) is 26.6 Å². The van der Waals surface area contributed by atoms with Crippen LogP contribution in [-0.4, -0.2) is 9.97 Å². The number of pyridine rings is 2. The van der Waals surface area contributed by atoms with Gasteiger partial charge in [-0.3, -0.25) is 4.98 Å². The van der Waals surface area contributed by atoms with Gasteiger partial charge in [0.2, 0.25) is 0 Å². The lowest BCUT2D eigenvalue weighted by Crippen LogP contribution is -1.98. The molecule has 114 valence electrons. The van der Waals surface area contributed by atoms with Crippen molar-refractivity contribution in [3.8, 4) is 11.4 Å². The lowest BCUT2D eigenvalue weighted by atomic mass is 9.96. The Hall–Kier alpha value is -2.68. The normalized spacial score (nSPS) is 15.2. The molecule has 0 N–H and O–H groups in total. The average molecular weight is 306 g/mol. The zero-order valence-electron chi connectivity index (χ0n) is 16.9. The van der Waals surface area contributed by atoms with E-state index in [0.29, 0.717) is 22.4 Å². The van der Waals surface area contributed by atoms with Gasteiger partial charge in [-0.2, -0.15) is 0 Å². The lowest BCUT2D eigenvalue weighted by molar-refractivity contribution is 0.668. The van der Waals surface area contributed by atoms with Gasteiger partial charge in [-0.15, -0.1) is 0 Å². The topological polar surface area (TPSA) is 38.9 Å². The summed E-state index contributed by atoms with van der Waals surface area (Å²) in [5.74, 6) is -1.08. The summed E-state index contributed by atoms with van der Waals surface area (Å²) in [6, 6.07) is 12.7. The second-order valence-electron chi connectivity index (χ2n) is 5.72. The molecule has 0 aliphatic carbocycles. The fourth-order valence-electron chi connectivity index (χ4n) is 2.80. The van der Waals surface area contributed by atoms with Crippen LogP contribution in [0.2, 0.25) is 0 Å². The number of hydrogen-bond acceptors (Lipinski definition) is 3. The van der Waals surface area contributed by atoms with Crippen LogP contribution < -0.4 is 0 Å². The van der Waals surface area contributed by atoms with Crippen LogP contribution in [0.15, 0.2) is 53.1 Å². The van der Waals surface area contributed by atoms with Crippen molar-refractivity contribution < 1.29 is 9.90 Å². The number of furan rings is 1. The van der Waals surface area contributed by atoms with Crippen LogP contribution >= 0.6 is 0 Å². The highest BCUT2D eigenvalue weighted by atomic mass is 16.3. The van der Waals surface area contributed by atoms with Crippen molar-refractivity contribution in [1.29, 1.82) is 0 Å². The standard InChI is InChI=1S/C20H18N2O/c1-12(2)14-10-11-21-19(13(14)3)16-8-9-18-20(22-16)15-6-4-5-7-17(15)23-18/h4-12H,1-3H3/i3D3,12D. The van der Waals surface area contributed by atoms with Gasteiger partial charge in [-0.25, -0.2) is 4.98 Å². The molecule has 0 fully saturated rings. The summed E-state index contributed by atoms with van der Waals surface area (Å²) < 4.78 is 38.2. The molecule has 0 radical (unpaired) electrons. The quantitative estimate of drug-likeness (QED) is 0.492. The van der Waals surface area contributed by atoms with E-state index in [0.717, 1.165) is 11.0 Å². The maximum Gasteiger partial charge on any atom is 0.153 e. The van der Waals surface area contributed by atoms with E-state index < -0.39 is 12.7 Å². The van der Waals surface area contributed by atoms with E-state index in [1.54, 1.807) is 32.0 Å². The molecule has 3 heterocycles. The molecule has 0 spiro atoms. The second kappa shape index (κ2) is 5.20. The Morgan fingerprint density at radius 2 is 1.96 bits per heavy atom. The third-order valence-corrected chi connectivity index (χ3v) is 3.95. The van der Waals surface area contributed by atoms with Crippen LogP contribution in [0.1, 0.15) is 36.4 Å². The Kier molecular flexibility index (Phi) is 2.30. The molecule has 0 saturated heterocycles. The predicted octanol–water partition coefficient (Wildman–Crippen LogP) is 5.47. The molecule has 3 aromatic heterocycles. The minimum absolute atomic E-state index is 0.0738. The zero-order valence-corrected chi connectivity index (χ0v) is 12.9. The number of hydrogen-bond donors (Lipinski definition) is 0. The molecule has 0 bridgehead atoms. The number of benzene rings is 1. The fraction of sp³-hybridized carbons (Fsp3) is 0.200. The first kappa shape index (κ1) is 10.2. The summed E-state index contributed by atoms with van der Waals surface area (Å²) in [4.78, 5) is 8.99. The van der Waals surface area contributed by atoms with Crippen LogP contribution in [-0.2, 0) is 0 Å². The van der Waals surface area contributed by atoms with Crippen molar-refractivity contribution >= 4 is 22.1 Å². The van der Waals surface area contributed by atoms with Crippen molar-refractivity contribution in [2.75, 3.05) is 0 Å². The van der Waals surface area contributed by atoms with Crippen LogP contribution in [0.3, 0.4) is 0 Å². The van der Waals surface area contributed by atoms with Gasteiger partial charge >= 0.3 is 0 Å². The van der Waals surface area contributed by atoms with Crippen LogP contribution in [0.5, 0.6) is 0 Å². The first-order valence-corrected chi connectivity index (χ1v) is 7.45. The summed E-state index contributed by atoms with van der Waals surface area (Å²) in [6.45, 7) is 0.926. The molecule has 0 atom stereocenters. The monoisotopic (exact) mass is 306 g/mol. The van der Waals surface area contributed by atoms with Gasteiger partial charge in [0.15, 0.2) is 5.58 Å². The third-order valence-electron chi connectivity index (χ3n) is 3.95. The molecule has 0 saturated carbocycles. The van der Waals surface area contributed by atoms with E-state index in [4.69, 9.17) is 9.90 Å². The fourth-order valence-corrected chi connectivity index (χ4v) is 2.80. The lowest BCUT2D eigenvalue weighted by Gasteiger charge is -2.12. The van der Waals surface area contributed by atoms with Gasteiger partial charge in [0, 0.05) is 17.1 Å². The van der Waals surface area contributed by atoms with Crippen LogP contribution in [0, 0.1) is 6.85 Å². The Morgan fingerprint density at radius 3 is 2.78 bits per heavy atom. The maximum absolute atomic E-state index is 8.35. The van der Waals surface area contributed by atoms with E-state index in [-0.39, 0.29) is 11.3 Å². The molecule has 3 nitrogen and oxygen atoms in total. The summed E-state index contributed by atoms with van der Waals surface area (Å²) in [6.07, 6.45) is 1.54. The van der Waals surface area contributed by atoms with Crippen molar-refractivity contribution in [1.82, 2.24) is 9.97 Å². The molecular formula is C20H18N2O. The Bertz CT molecular complexity index is 1160. The van der Waals surface area contributed by atoms with Gasteiger partial charge in [0.25, 0.3) is 0 Å². The highest BCUT2D eigenvalue weighted by Gasteiger charge is 2.14. The largest absolute Gasteiger partial charge is 0.454 e. The Morgan fingerprint density at radius 1 is 1.09 bits per heavy atom. The smallest absolute Gasteiger partial charge is 0.153 e. The summed E-state index contributed by atoms with van der Waals surface area (Å²) >= 11 is 0. The van der Waals surface area contributed by atoms with E-state index >= 15 is 0 Å². The molecule has 4 rings (SSSR count). The van der Waals surface area contributed by atoms with E-state index in [9.17, 15) is 0 Å². The average Bonchev–Trinajstić information content (AvgIpc) is 2.97. The summed E-state index contributed by atoms with van der Waals surface area (Å²) in [7, 11) is 0. The predicted molar refractivity (Wildman–Crippen MR) is 93.6 cm³/mol. The van der Waals surface area contributed by atoms with E-state index in [1.807, 2.05) is 24.3 Å². The second-order valence-corrected chi connectivity index (χ2v) is 5.72. The number of aromatic nitrogens is 2. The summed E-state index contributed by atoms with van der Waals surface area (Å²) in [5.41, 5.74) is 3.24. The van der Waals surface area contributed by atoms with Gasteiger partial charge in [0.1, 0.15) is 11.1 Å². The van der Waals surface area contributed by atoms with Crippen molar-refractivity contribution in [2.24, 2.45) is 0 Å². The number of para-hydroxylation sites is 1. The molecule has 0 unspecified atom stereocenters. The minimum atomic E-state index is -2.41. The zero-order chi connectivity index (χ0) is 19.4. The Balaban J connectivity index is 2.02. The van der Waals surface area contributed by atoms with Gasteiger partial charge in [0.05, 0.1) is 11.4 Å². The SMILES string of the molecule is [2H]C([2H])([2H])c1c(C([2H])(C)C)ccnc1-c1ccc2oc3ccccc3c2n1. The number of fused-ring (bicyclic) bond motifs is 3. The van der Waals surface area contributed by atoms with Crippen molar-refractivity contribution in [3.05, 3.63) is 59.8 Å². The van der Waals surface area contributed by atoms with Gasteiger partial charge in [-0.05, 0) is 54.2 Å². The van der Waals surface area contributed by atoms with Crippen LogP contribution in [0.4, 0.5) is 0 Å². The van der Waals surface area contributed by atoms with Gasteiger partial charge < -0.3 is 4.42 Å². The van der Waals surface area contributed by atoms with Crippen molar-refractivity contribution in [3.63, 3.8) is 0 Å². The molecular weight excluding hydrogens is 284 g/mol. The Labute approximate surface area is 140 Å². The van der Waals surface area contributed by atoms with Gasteiger partial charge in [-0.1, -0.05) is 26.0 Å². The first-order chi connectivity index (χ1) is 12.7. The molecule has 3 heteroatoms. The van der Waals surface area contributed by atoms with E-state index in [1.165, 1.54) is 6.20 Å². The molecule has 0 aliphatic rings. The highest BCUT2D eigenvalue weighted by molar-refractivity contribution is 6.02. The molecule has 4 aromatic rings. The molecule has 0 aliphatic heterocycles. The minimum Gasteiger partial charge on any atom is -0.454 e. The molecule has 0 amide bonds.